The van der Waals surface area contributed by atoms with Gasteiger partial charge in [0, 0.05) is 12.5 Å². The maximum Gasteiger partial charge on any atom is 0.303 e. The number of hydrogen-bond donors (Lipinski definition) is 2. The van der Waals surface area contributed by atoms with E-state index < -0.39 is 16.0 Å². The van der Waals surface area contributed by atoms with Crippen molar-refractivity contribution in [3.63, 3.8) is 0 Å². The summed E-state index contributed by atoms with van der Waals surface area (Å²) in [5, 5.41) is 8.45. The quantitative estimate of drug-likeness (QED) is 0.713. The van der Waals surface area contributed by atoms with Crippen LogP contribution in [0.25, 0.3) is 0 Å². The Morgan fingerprint density at radius 3 is 2.79 bits per heavy atom. The topological polar surface area (TPSA) is 118 Å². The highest BCUT2D eigenvalue weighted by Crippen LogP contribution is 2.16. The minimum absolute atomic E-state index is 0.0115. The molecule has 19 heavy (non-hydrogen) atoms. The summed E-state index contributed by atoms with van der Waals surface area (Å²) in [5.41, 5.74) is 0. The largest absolute Gasteiger partial charge is 0.481 e. The summed E-state index contributed by atoms with van der Waals surface area (Å²) >= 11 is 5.66. The van der Waals surface area contributed by atoms with Gasteiger partial charge >= 0.3 is 5.97 Å². The Hall–Kier alpha value is -1.61. The van der Waals surface area contributed by atoms with Crippen molar-refractivity contribution in [3.8, 4) is 5.88 Å². The van der Waals surface area contributed by atoms with Crippen LogP contribution in [0, 0.1) is 0 Å². The number of sulfonamides is 1. The molecule has 1 aromatic heterocycles. The summed E-state index contributed by atoms with van der Waals surface area (Å²) in [5.74, 6) is -1.52. The minimum atomic E-state index is -3.72. The first-order valence-electron chi connectivity index (χ1n) is 5.13. The number of anilines is 1. The molecule has 1 rings (SSSR count). The van der Waals surface area contributed by atoms with Crippen LogP contribution in [0.4, 0.5) is 5.95 Å². The van der Waals surface area contributed by atoms with Gasteiger partial charge in [0.25, 0.3) is 0 Å². The van der Waals surface area contributed by atoms with Crippen molar-refractivity contribution in [1.82, 2.24) is 9.97 Å². The highest BCUT2D eigenvalue weighted by atomic mass is 35.5. The van der Waals surface area contributed by atoms with Crippen molar-refractivity contribution in [2.45, 2.75) is 12.8 Å². The molecule has 0 aliphatic heterocycles. The van der Waals surface area contributed by atoms with E-state index in [0.717, 1.165) is 0 Å². The molecule has 0 saturated carbocycles. The second kappa shape index (κ2) is 6.53. The van der Waals surface area contributed by atoms with E-state index in [1.54, 1.807) is 0 Å². The molecule has 1 aromatic rings. The summed E-state index contributed by atoms with van der Waals surface area (Å²) in [6.07, 6.45) is -0.247. The van der Waals surface area contributed by atoms with Gasteiger partial charge in [-0.3, -0.25) is 9.52 Å². The number of aromatic nitrogens is 2. The number of ether oxygens (including phenoxy) is 1. The van der Waals surface area contributed by atoms with Crippen LogP contribution in [-0.4, -0.2) is 42.3 Å². The lowest BCUT2D eigenvalue weighted by molar-refractivity contribution is -0.137. The van der Waals surface area contributed by atoms with E-state index in [4.69, 9.17) is 21.4 Å². The van der Waals surface area contributed by atoms with Crippen LogP contribution in [0.2, 0.25) is 5.15 Å². The second-order valence-corrected chi connectivity index (χ2v) is 5.70. The number of nitrogens with one attached hydrogen (secondary N) is 1. The summed E-state index contributed by atoms with van der Waals surface area (Å²) in [6.45, 7) is 0. The molecule has 8 nitrogen and oxygen atoms in total. The van der Waals surface area contributed by atoms with Gasteiger partial charge in [-0.05, 0) is 6.42 Å². The van der Waals surface area contributed by atoms with Gasteiger partial charge in [0.15, 0.2) is 0 Å². The van der Waals surface area contributed by atoms with E-state index in [1.807, 2.05) is 0 Å². The lowest BCUT2D eigenvalue weighted by Gasteiger charge is -2.07. The summed E-state index contributed by atoms with van der Waals surface area (Å²) in [4.78, 5) is 17.7. The van der Waals surface area contributed by atoms with Crippen molar-refractivity contribution < 1.29 is 23.1 Å². The number of aliphatic carboxylic acids is 1. The van der Waals surface area contributed by atoms with Crippen molar-refractivity contribution in [2.24, 2.45) is 0 Å². The molecule has 0 spiro atoms. The van der Waals surface area contributed by atoms with Gasteiger partial charge < -0.3 is 9.84 Å². The third-order valence-electron chi connectivity index (χ3n) is 1.93. The predicted molar refractivity (Wildman–Crippen MR) is 67.9 cm³/mol. The molecule has 0 aliphatic carbocycles. The smallest absolute Gasteiger partial charge is 0.303 e. The van der Waals surface area contributed by atoms with E-state index in [-0.39, 0.29) is 35.6 Å². The maximum absolute atomic E-state index is 11.6. The molecule has 1 heterocycles. The standard InChI is InChI=1S/C9H12ClN3O5S/c1-18-7-5-6(10)11-9(12-7)13-19(16,17)4-2-3-8(14)15/h5H,2-4H2,1H3,(H,14,15)(H,11,12,13). The Kier molecular flexibility index (Phi) is 5.31. The van der Waals surface area contributed by atoms with E-state index >= 15 is 0 Å². The molecule has 0 aromatic carbocycles. The van der Waals surface area contributed by atoms with Crippen LogP contribution in [0.3, 0.4) is 0 Å². The Labute approximate surface area is 114 Å². The Morgan fingerprint density at radius 1 is 1.53 bits per heavy atom. The first-order valence-corrected chi connectivity index (χ1v) is 7.16. The van der Waals surface area contributed by atoms with Crippen LogP contribution in [0.5, 0.6) is 5.88 Å². The summed E-state index contributed by atoms with van der Waals surface area (Å²) < 4.78 is 30.2. The van der Waals surface area contributed by atoms with Gasteiger partial charge in [-0.15, -0.1) is 0 Å². The number of carboxylic acids is 1. The molecule has 0 atom stereocenters. The van der Waals surface area contributed by atoms with Gasteiger partial charge in [0.1, 0.15) is 5.15 Å². The fourth-order valence-electron chi connectivity index (χ4n) is 1.15. The van der Waals surface area contributed by atoms with Crippen LogP contribution < -0.4 is 9.46 Å². The molecule has 2 N–H and O–H groups in total. The summed E-state index contributed by atoms with van der Waals surface area (Å²) in [7, 11) is -2.37. The molecular formula is C9H12ClN3O5S. The molecule has 0 unspecified atom stereocenters. The van der Waals surface area contributed by atoms with E-state index in [2.05, 4.69) is 14.7 Å². The number of halogens is 1. The lowest BCUT2D eigenvalue weighted by atomic mass is 10.3. The van der Waals surface area contributed by atoms with E-state index in [0.29, 0.717) is 0 Å². The molecular weight excluding hydrogens is 298 g/mol. The van der Waals surface area contributed by atoms with Crippen molar-refractivity contribution in [3.05, 3.63) is 11.2 Å². The van der Waals surface area contributed by atoms with E-state index in [1.165, 1.54) is 13.2 Å². The fourth-order valence-corrected chi connectivity index (χ4v) is 2.32. The second-order valence-electron chi connectivity index (χ2n) is 3.47. The molecule has 0 amide bonds. The van der Waals surface area contributed by atoms with Gasteiger partial charge in [0.2, 0.25) is 21.9 Å². The maximum atomic E-state index is 11.6. The Balaban J connectivity index is 2.72. The number of rotatable bonds is 7. The molecule has 0 bridgehead atoms. The number of carboxylic acid groups (broad SMARTS) is 1. The molecule has 0 radical (unpaired) electrons. The van der Waals surface area contributed by atoms with Crippen LogP contribution in [-0.2, 0) is 14.8 Å². The van der Waals surface area contributed by atoms with Gasteiger partial charge in [0.05, 0.1) is 12.9 Å². The van der Waals surface area contributed by atoms with Crippen molar-refractivity contribution >= 4 is 33.5 Å². The Morgan fingerprint density at radius 2 is 2.21 bits per heavy atom. The molecule has 10 heteroatoms. The van der Waals surface area contributed by atoms with Crippen LogP contribution in [0.15, 0.2) is 6.07 Å². The van der Waals surface area contributed by atoms with Gasteiger partial charge in [-0.25, -0.2) is 13.4 Å². The number of carbonyl (C=O) groups is 1. The average Bonchev–Trinajstić information content (AvgIpc) is 2.26. The van der Waals surface area contributed by atoms with E-state index in [9.17, 15) is 13.2 Å². The molecule has 0 aliphatic rings. The highest BCUT2D eigenvalue weighted by Gasteiger charge is 2.14. The number of hydrogen-bond acceptors (Lipinski definition) is 6. The monoisotopic (exact) mass is 309 g/mol. The van der Waals surface area contributed by atoms with Crippen molar-refractivity contribution in [2.75, 3.05) is 17.6 Å². The third kappa shape index (κ3) is 5.71. The first-order chi connectivity index (χ1) is 8.82. The lowest BCUT2D eigenvalue weighted by Crippen LogP contribution is -2.19. The zero-order chi connectivity index (χ0) is 14.5. The zero-order valence-corrected chi connectivity index (χ0v) is 11.5. The Bertz CT molecular complexity index is 563. The first kappa shape index (κ1) is 15.4. The fraction of sp³-hybridized carbons (Fsp3) is 0.444. The van der Waals surface area contributed by atoms with Crippen LogP contribution in [0.1, 0.15) is 12.8 Å². The third-order valence-corrected chi connectivity index (χ3v) is 3.44. The number of nitrogens with zero attached hydrogens (tertiary/aromatic N) is 2. The van der Waals surface area contributed by atoms with Gasteiger partial charge in [-0.1, -0.05) is 11.6 Å². The predicted octanol–water partition coefficient (Wildman–Crippen LogP) is 0.745. The summed E-state index contributed by atoms with van der Waals surface area (Å²) in [6, 6.07) is 1.32. The van der Waals surface area contributed by atoms with Crippen LogP contribution >= 0.6 is 11.6 Å². The SMILES string of the molecule is COc1cc(Cl)nc(NS(=O)(=O)CCCC(=O)O)n1. The number of methoxy groups -OCH3 is 1. The minimum Gasteiger partial charge on any atom is -0.481 e. The normalized spacial score (nSPS) is 11.1. The molecule has 106 valence electrons. The zero-order valence-electron chi connectivity index (χ0n) is 9.96. The highest BCUT2D eigenvalue weighted by molar-refractivity contribution is 7.92. The molecule has 0 fully saturated rings. The van der Waals surface area contributed by atoms with Gasteiger partial charge in [-0.2, -0.15) is 4.98 Å². The average molecular weight is 310 g/mol. The molecule has 0 saturated heterocycles. The van der Waals surface area contributed by atoms with Crippen molar-refractivity contribution in [1.29, 1.82) is 0 Å².